The van der Waals surface area contributed by atoms with Crippen molar-refractivity contribution in [2.24, 2.45) is 5.92 Å². The first-order valence-corrected chi connectivity index (χ1v) is 2.96. The zero-order chi connectivity index (χ0) is 6.85. The van der Waals surface area contributed by atoms with E-state index in [1.54, 1.807) is 0 Å². The van der Waals surface area contributed by atoms with Gasteiger partial charge in [0.1, 0.15) is 0 Å². The lowest BCUT2D eigenvalue weighted by Crippen LogP contribution is -2.21. The van der Waals surface area contributed by atoms with Crippen molar-refractivity contribution in [3.8, 4) is 0 Å². The number of carbonyl (C=O) groups excluding carboxylic acids is 2. The van der Waals surface area contributed by atoms with Crippen molar-refractivity contribution in [2.45, 2.75) is 19.8 Å². The first-order chi connectivity index (χ1) is 4.20. The minimum atomic E-state index is -0.382. The highest BCUT2D eigenvalue weighted by molar-refractivity contribution is 5.95. The molecular weight excluding hydrogens is 118 g/mol. The first kappa shape index (κ1) is 6.26. The second kappa shape index (κ2) is 2.17. The summed E-state index contributed by atoms with van der Waals surface area (Å²) >= 11 is 0. The molecule has 0 aromatic rings. The van der Waals surface area contributed by atoms with E-state index in [0.717, 1.165) is 12.8 Å². The second-order valence-electron chi connectivity index (χ2n) is 2.24. The van der Waals surface area contributed by atoms with Crippen molar-refractivity contribution < 1.29 is 9.59 Å². The molecule has 0 bridgehead atoms. The van der Waals surface area contributed by atoms with Crippen LogP contribution in [0, 0.1) is 5.92 Å². The molecule has 1 saturated carbocycles. The molecule has 1 rings (SSSR count). The predicted octanol–water partition coefficient (Wildman–Crippen LogP) is 0.0739. The van der Waals surface area contributed by atoms with E-state index in [1.165, 1.54) is 6.92 Å². The van der Waals surface area contributed by atoms with Gasteiger partial charge in [-0.1, -0.05) is 0 Å². The van der Waals surface area contributed by atoms with Gasteiger partial charge >= 0.3 is 0 Å². The van der Waals surface area contributed by atoms with Gasteiger partial charge in [-0.3, -0.25) is 9.59 Å². The van der Waals surface area contributed by atoms with Gasteiger partial charge in [0, 0.05) is 12.8 Å². The van der Waals surface area contributed by atoms with E-state index in [0.29, 0.717) is 0 Å². The minimum Gasteiger partial charge on any atom is -0.273 e. The van der Waals surface area contributed by atoms with Crippen LogP contribution < -0.4 is 5.32 Å². The Balaban J connectivity index is 2.26. The monoisotopic (exact) mass is 126 g/mol. The third-order valence-corrected chi connectivity index (χ3v) is 1.19. The van der Waals surface area contributed by atoms with Crippen molar-refractivity contribution in [1.29, 1.82) is 0 Å². The van der Waals surface area contributed by atoms with Gasteiger partial charge < -0.3 is 0 Å². The largest absolute Gasteiger partial charge is 0.273 e. The molecule has 0 atom stereocenters. The molecule has 9 heavy (non-hydrogen) atoms. The van der Waals surface area contributed by atoms with Crippen LogP contribution >= 0.6 is 0 Å². The van der Waals surface area contributed by atoms with Gasteiger partial charge in [-0.25, -0.2) is 0 Å². The van der Waals surface area contributed by atoms with Crippen LogP contribution in [0.25, 0.3) is 0 Å². The first-order valence-electron chi connectivity index (χ1n) is 2.96. The maximum absolute atomic E-state index is 10.6. The summed E-state index contributed by atoms with van der Waals surface area (Å²) in [7, 11) is 0. The highest BCUT2D eigenvalue weighted by Crippen LogP contribution is 2.28. The third kappa shape index (κ3) is 1.83. The number of amides is 2. The van der Waals surface area contributed by atoms with Crippen LogP contribution in [0.1, 0.15) is 19.8 Å². The van der Waals surface area contributed by atoms with E-state index in [2.05, 4.69) is 5.32 Å². The third-order valence-electron chi connectivity index (χ3n) is 1.19. The molecule has 0 unspecified atom stereocenters. The average molecular weight is 126 g/mol. The van der Waals surface area contributed by atoms with E-state index in [-0.39, 0.29) is 17.7 Å². The van der Waals surface area contributed by atoms with Crippen LogP contribution in [0.2, 0.25) is 0 Å². The van der Waals surface area contributed by atoms with Crippen molar-refractivity contribution >= 4 is 11.8 Å². The SMILES string of the molecule is CC(=O)[N]C(=O)C1CC1. The van der Waals surface area contributed by atoms with Gasteiger partial charge in [0.2, 0.25) is 5.91 Å². The zero-order valence-corrected chi connectivity index (χ0v) is 5.26. The van der Waals surface area contributed by atoms with E-state index >= 15 is 0 Å². The lowest BCUT2D eigenvalue weighted by molar-refractivity contribution is -0.130. The molecule has 3 nitrogen and oxygen atoms in total. The molecule has 0 heterocycles. The molecule has 49 valence electrons. The maximum Gasteiger partial charge on any atom is 0.251 e. The molecule has 0 aromatic carbocycles. The fourth-order valence-corrected chi connectivity index (χ4v) is 0.577. The van der Waals surface area contributed by atoms with Crippen molar-refractivity contribution in [2.75, 3.05) is 0 Å². The Labute approximate surface area is 53.4 Å². The van der Waals surface area contributed by atoms with Crippen molar-refractivity contribution in [1.82, 2.24) is 5.32 Å². The van der Waals surface area contributed by atoms with Crippen LogP contribution in [-0.2, 0) is 9.59 Å². The summed E-state index contributed by atoms with van der Waals surface area (Å²) in [4.78, 5) is 20.8. The Bertz CT molecular complexity index is 149. The van der Waals surface area contributed by atoms with Crippen molar-refractivity contribution in [3.63, 3.8) is 0 Å². The maximum atomic E-state index is 10.6. The zero-order valence-electron chi connectivity index (χ0n) is 5.26. The Morgan fingerprint density at radius 3 is 2.33 bits per heavy atom. The highest BCUT2D eigenvalue weighted by atomic mass is 16.2. The lowest BCUT2D eigenvalue weighted by atomic mass is 10.4. The summed E-state index contributed by atoms with van der Waals surface area (Å²) in [6.07, 6.45) is 1.82. The molecule has 0 aromatic heterocycles. The topological polar surface area (TPSA) is 48.2 Å². The molecule has 1 aliphatic rings. The van der Waals surface area contributed by atoms with E-state index in [9.17, 15) is 9.59 Å². The number of nitrogens with zero attached hydrogens (tertiary/aromatic N) is 1. The molecule has 0 aliphatic heterocycles. The van der Waals surface area contributed by atoms with Gasteiger partial charge in [-0.05, 0) is 12.8 Å². The fraction of sp³-hybridized carbons (Fsp3) is 0.667. The molecule has 1 radical (unpaired) electrons. The number of imide groups is 1. The number of carbonyl (C=O) groups is 2. The molecule has 3 heteroatoms. The summed E-state index contributed by atoms with van der Waals surface area (Å²) < 4.78 is 0. The second-order valence-corrected chi connectivity index (χ2v) is 2.24. The quantitative estimate of drug-likeness (QED) is 0.499. The van der Waals surface area contributed by atoms with E-state index < -0.39 is 0 Å². The summed E-state index contributed by atoms with van der Waals surface area (Å²) in [6, 6.07) is 0. The molecule has 2 amide bonds. The normalized spacial score (nSPS) is 17.0. The molecule has 1 aliphatic carbocycles. The highest BCUT2D eigenvalue weighted by Gasteiger charge is 2.31. The molecule has 1 fully saturated rings. The van der Waals surface area contributed by atoms with Gasteiger partial charge in [-0.2, -0.15) is 5.32 Å². The van der Waals surface area contributed by atoms with Gasteiger partial charge in [0.25, 0.3) is 5.91 Å². The van der Waals surface area contributed by atoms with Crippen LogP contribution in [0.5, 0.6) is 0 Å². The number of rotatable bonds is 1. The number of hydrogen-bond acceptors (Lipinski definition) is 2. The molecule has 0 N–H and O–H groups in total. The summed E-state index contributed by atoms with van der Waals surface area (Å²) in [5.74, 6) is -0.539. The Kier molecular flexibility index (Phi) is 1.51. The van der Waals surface area contributed by atoms with Gasteiger partial charge in [-0.15, -0.1) is 0 Å². The Hall–Kier alpha value is -0.860. The molecule has 0 saturated heterocycles. The predicted molar refractivity (Wildman–Crippen MR) is 30.5 cm³/mol. The van der Waals surface area contributed by atoms with Crippen LogP contribution in [0.3, 0.4) is 0 Å². The standard InChI is InChI=1S/C6H8NO2/c1-4(8)7-6(9)5-2-3-5/h5H,2-3H2,1H3. The Morgan fingerprint density at radius 1 is 1.44 bits per heavy atom. The van der Waals surface area contributed by atoms with Crippen LogP contribution in [0.4, 0.5) is 0 Å². The fourth-order valence-electron chi connectivity index (χ4n) is 0.577. The average Bonchev–Trinajstić information content (AvgIpc) is 2.40. The minimum absolute atomic E-state index is 0.0777. The Morgan fingerprint density at radius 2 is 2.00 bits per heavy atom. The summed E-state index contributed by atoms with van der Waals surface area (Å²) in [5, 5.41) is 3.26. The van der Waals surface area contributed by atoms with Crippen molar-refractivity contribution in [3.05, 3.63) is 0 Å². The smallest absolute Gasteiger partial charge is 0.251 e. The van der Waals surface area contributed by atoms with E-state index in [1.807, 2.05) is 0 Å². The van der Waals surface area contributed by atoms with Crippen LogP contribution in [-0.4, -0.2) is 11.8 Å². The van der Waals surface area contributed by atoms with Gasteiger partial charge in [0.15, 0.2) is 0 Å². The molecular formula is C6H8NO2. The summed E-state index contributed by atoms with van der Waals surface area (Å²) in [6.45, 7) is 1.29. The molecule has 0 spiro atoms. The lowest BCUT2D eigenvalue weighted by Gasteiger charge is -1.90. The van der Waals surface area contributed by atoms with Crippen LogP contribution in [0.15, 0.2) is 0 Å². The van der Waals surface area contributed by atoms with Gasteiger partial charge in [0.05, 0.1) is 0 Å². The summed E-state index contributed by atoms with van der Waals surface area (Å²) in [5.41, 5.74) is 0. The van der Waals surface area contributed by atoms with E-state index in [4.69, 9.17) is 0 Å². The number of hydrogen-bond donors (Lipinski definition) is 0.